The number of aliphatic hydroxyl groups excluding tert-OH is 1. The fraction of sp³-hybridized carbons (Fsp3) is 0.647. The van der Waals surface area contributed by atoms with Crippen LogP contribution in [0.5, 0.6) is 0 Å². The maximum absolute atomic E-state index is 9.02. The number of nitrogens with zero attached hydrogens (tertiary/aromatic N) is 1. The predicted molar refractivity (Wildman–Crippen MR) is 85.1 cm³/mol. The molecule has 1 saturated heterocycles. The van der Waals surface area contributed by atoms with Crippen LogP contribution in [-0.4, -0.2) is 31.3 Å². The predicted octanol–water partition coefficient (Wildman–Crippen LogP) is 2.79. The van der Waals surface area contributed by atoms with Gasteiger partial charge in [-0.2, -0.15) is 0 Å². The summed E-state index contributed by atoms with van der Waals surface area (Å²) < 4.78 is 0. The molecule has 0 unspecified atom stereocenters. The second-order valence-corrected chi connectivity index (χ2v) is 6.60. The second-order valence-electron chi connectivity index (χ2n) is 6.60. The third-order valence-corrected chi connectivity index (χ3v) is 4.13. The van der Waals surface area contributed by atoms with Gasteiger partial charge in [-0.05, 0) is 42.4 Å². The van der Waals surface area contributed by atoms with E-state index in [1.54, 1.807) is 0 Å². The standard InChI is InChI=1S/C17H28N2O/c1-17(2,9-12-20)14-18-13-15-5-7-16(8-6-15)19-10-3-4-11-19/h5-8,18,20H,3-4,9-14H2,1-2H3. The van der Waals surface area contributed by atoms with E-state index in [9.17, 15) is 0 Å². The molecule has 2 rings (SSSR count). The van der Waals surface area contributed by atoms with Crippen molar-refractivity contribution in [2.24, 2.45) is 5.41 Å². The maximum atomic E-state index is 9.02. The second kappa shape index (κ2) is 7.09. The van der Waals surface area contributed by atoms with E-state index in [2.05, 4.69) is 48.3 Å². The molecule has 112 valence electrons. The van der Waals surface area contributed by atoms with Crippen LogP contribution in [0.15, 0.2) is 24.3 Å². The lowest BCUT2D eigenvalue weighted by Crippen LogP contribution is -2.29. The van der Waals surface area contributed by atoms with E-state index in [1.807, 2.05) is 0 Å². The molecule has 0 aliphatic carbocycles. The molecule has 2 N–H and O–H groups in total. The first-order chi connectivity index (χ1) is 9.61. The zero-order valence-corrected chi connectivity index (χ0v) is 12.9. The first kappa shape index (κ1) is 15.3. The van der Waals surface area contributed by atoms with Crippen LogP contribution in [0.2, 0.25) is 0 Å². The lowest BCUT2D eigenvalue weighted by molar-refractivity contribution is 0.207. The van der Waals surface area contributed by atoms with Gasteiger partial charge in [0, 0.05) is 38.5 Å². The average Bonchev–Trinajstić information content (AvgIpc) is 2.93. The zero-order chi connectivity index (χ0) is 14.4. The molecule has 3 heteroatoms. The lowest BCUT2D eigenvalue weighted by atomic mass is 9.90. The minimum absolute atomic E-state index is 0.157. The van der Waals surface area contributed by atoms with Crippen LogP contribution in [0.4, 0.5) is 5.69 Å². The van der Waals surface area contributed by atoms with Gasteiger partial charge in [0.15, 0.2) is 0 Å². The van der Waals surface area contributed by atoms with Crippen molar-refractivity contribution in [2.75, 3.05) is 31.1 Å². The Morgan fingerprint density at radius 3 is 2.40 bits per heavy atom. The van der Waals surface area contributed by atoms with Crippen LogP contribution < -0.4 is 10.2 Å². The van der Waals surface area contributed by atoms with Gasteiger partial charge in [0.05, 0.1) is 0 Å². The molecule has 1 aromatic rings. The summed E-state index contributed by atoms with van der Waals surface area (Å²) in [6, 6.07) is 8.92. The first-order valence-electron chi connectivity index (χ1n) is 7.76. The van der Waals surface area contributed by atoms with Gasteiger partial charge in [-0.25, -0.2) is 0 Å². The number of rotatable bonds is 7. The molecule has 0 atom stereocenters. The zero-order valence-electron chi connectivity index (χ0n) is 12.9. The SMILES string of the molecule is CC(C)(CCO)CNCc1ccc(N2CCCC2)cc1. The van der Waals surface area contributed by atoms with Crippen molar-refractivity contribution in [3.8, 4) is 0 Å². The average molecular weight is 276 g/mol. The number of nitrogens with one attached hydrogen (secondary N) is 1. The fourth-order valence-corrected chi connectivity index (χ4v) is 2.74. The Hall–Kier alpha value is -1.06. The van der Waals surface area contributed by atoms with Crippen molar-refractivity contribution < 1.29 is 5.11 Å². The van der Waals surface area contributed by atoms with Crippen LogP contribution in [0.3, 0.4) is 0 Å². The molecule has 1 aliphatic rings. The highest BCUT2D eigenvalue weighted by atomic mass is 16.3. The summed E-state index contributed by atoms with van der Waals surface area (Å²) >= 11 is 0. The third-order valence-electron chi connectivity index (χ3n) is 4.13. The highest BCUT2D eigenvalue weighted by Crippen LogP contribution is 2.21. The summed E-state index contributed by atoms with van der Waals surface area (Å²) in [6.45, 7) is 8.87. The summed E-state index contributed by atoms with van der Waals surface area (Å²) in [5.41, 5.74) is 2.84. The Labute approximate surface area is 123 Å². The van der Waals surface area contributed by atoms with E-state index >= 15 is 0 Å². The minimum atomic E-state index is 0.157. The summed E-state index contributed by atoms with van der Waals surface area (Å²) in [5.74, 6) is 0. The molecule has 20 heavy (non-hydrogen) atoms. The number of anilines is 1. The molecule has 0 radical (unpaired) electrons. The number of hydrogen-bond acceptors (Lipinski definition) is 3. The minimum Gasteiger partial charge on any atom is -0.396 e. The topological polar surface area (TPSA) is 35.5 Å². The molecule has 3 nitrogen and oxygen atoms in total. The van der Waals surface area contributed by atoms with Crippen molar-refractivity contribution in [2.45, 2.75) is 39.7 Å². The molecule has 0 bridgehead atoms. The Kier molecular flexibility index (Phi) is 5.44. The quantitative estimate of drug-likeness (QED) is 0.804. The molecule has 1 aromatic carbocycles. The van der Waals surface area contributed by atoms with E-state index in [0.29, 0.717) is 0 Å². The van der Waals surface area contributed by atoms with Crippen molar-refractivity contribution >= 4 is 5.69 Å². The van der Waals surface area contributed by atoms with E-state index < -0.39 is 0 Å². The molecular formula is C17H28N2O. The van der Waals surface area contributed by atoms with Crippen molar-refractivity contribution in [3.05, 3.63) is 29.8 Å². The van der Waals surface area contributed by atoms with Crippen LogP contribution in [0.25, 0.3) is 0 Å². The van der Waals surface area contributed by atoms with Crippen LogP contribution in [0.1, 0.15) is 38.7 Å². The van der Waals surface area contributed by atoms with Crippen molar-refractivity contribution in [1.82, 2.24) is 5.32 Å². The van der Waals surface area contributed by atoms with Crippen molar-refractivity contribution in [3.63, 3.8) is 0 Å². The molecule has 0 amide bonds. The number of aliphatic hydroxyl groups is 1. The summed E-state index contributed by atoms with van der Waals surface area (Å²) in [4.78, 5) is 2.46. The fourth-order valence-electron chi connectivity index (χ4n) is 2.74. The first-order valence-corrected chi connectivity index (χ1v) is 7.76. The molecule has 0 aromatic heterocycles. The summed E-state index contributed by atoms with van der Waals surface area (Å²) in [7, 11) is 0. The van der Waals surface area contributed by atoms with Gasteiger partial charge in [0.1, 0.15) is 0 Å². The van der Waals surface area contributed by atoms with Gasteiger partial charge in [-0.3, -0.25) is 0 Å². The number of benzene rings is 1. The Balaban J connectivity index is 1.79. The molecule has 0 saturated carbocycles. The normalized spacial score (nSPS) is 15.8. The van der Waals surface area contributed by atoms with E-state index in [0.717, 1.165) is 19.5 Å². The van der Waals surface area contributed by atoms with Gasteiger partial charge in [0.25, 0.3) is 0 Å². The van der Waals surface area contributed by atoms with Gasteiger partial charge in [-0.1, -0.05) is 26.0 Å². The number of hydrogen-bond donors (Lipinski definition) is 2. The molecule has 1 heterocycles. The van der Waals surface area contributed by atoms with Gasteiger partial charge >= 0.3 is 0 Å². The van der Waals surface area contributed by atoms with Crippen LogP contribution >= 0.6 is 0 Å². The molecular weight excluding hydrogens is 248 g/mol. The Bertz CT molecular complexity index is 394. The molecule has 0 spiro atoms. The third kappa shape index (κ3) is 4.50. The van der Waals surface area contributed by atoms with E-state index in [-0.39, 0.29) is 12.0 Å². The van der Waals surface area contributed by atoms with Gasteiger partial charge in [0.2, 0.25) is 0 Å². The molecule has 1 aliphatic heterocycles. The van der Waals surface area contributed by atoms with Crippen molar-refractivity contribution in [1.29, 1.82) is 0 Å². The van der Waals surface area contributed by atoms with Crippen LogP contribution in [-0.2, 0) is 6.54 Å². The summed E-state index contributed by atoms with van der Waals surface area (Å²) in [6.07, 6.45) is 3.49. The lowest BCUT2D eigenvalue weighted by Gasteiger charge is -2.24. The monoisotopic (exact) mass is 276 g/mol. The van der Waals surface area contributed by atoms with Gasteiger partial charge in [-0.15, -0.1) is 0 Å². The Morgan fingerprint density at radius 2 is 1.80 bits per heavy atom. The maximum Gasteiger partial charge on any atom is 0.0436 e. The van der Waals surface area contributed by atoms with E-state index in [4.69, 9.17) is 5.11 Å². The highest BCUT2D eigenvalue weighted by Gasteiger charge is 2.16. The van der Waals surface area contributed by atoms with Gasteiger partial charge < -0.3 is 15.3 Å². The Morgan fingerprint density at radius 1 is 1.15 bits per heavy atom. The summed E-state index contributed by atoms with van der Waals surface area (Å²) in [5, 5.41) is 12.5. The van der Waals surface area contributed by atoms with Crippen LogP contribution in [0, 0.1) is 5.41 Å². The smallest absolute Gasteiger partial charge is 0.0436 e. The molecule has 1 fully saturated rings. The highest BCUT2D eigenvalue weighted by molar-refractivity contribution is 5.48. The largest absolute Gasteiger partial charge is 0.396 e. The van der Waals surface area contributed by atoms with E-state index in [1.165, 1.54) is 37.2 Å².